The summed E-state index contributed by atoms with van der Waals surface area (Å²) in [5.74, 6) is 2.06. The number of nitrogens with zero attached hydrogens (tertiary/aromatic N) is 7. The molecular formula is C27H25F3N8OS. The topological polar surface area (TPSA) is 107 Å². The lowest BCUT2D eigenvalue weighted by molar-refractivity contribution is -0.140. The number of benzene rings is 1. The second-order valence-corrected chi connectivity index (χ2v) is 10.8. The molecule has 206 valence electrons. The first-order valence-corrected chi connectivity index (χ1v) is 13.7. The minimum Gasteiger partial charge on any atom is -0.480 e. The maximum absolute atomic E-state index is 13.3. The van der Waals surface area contributed by atoms with Crippen molar-refractivity contribution < 1.29 is 17.9 Å². The summed E-state index contributed by atoms with van der Waals surface area (Å²) in [6.45, 7) is 3.65. The Labute approximate surface area is 231 Å². The number of hydrogen-bond donors (Lipinski definition) is 1. The molecule has 13 heteroatoms. The molecule has 0 saturated heterocycles. The summed E-state index contributed by atoms with van der Waals surface area (Å²) in [4.78, 5) is 29.7. The number of aromatic nitrogens is 8. The van der Waals surface area contributed by atoms with E-state index in [0.29, 0.717) is 50.7 Å². The maximum atomic E-state index is 13.3. The van der Waals surface area contributed by atoms with Gasteiger partial charge in [-0.15, -0.1) is 0 Å². The molecule has 4 heterocycles. The van der Waals surface area contributed by atoms with Gasteiger partial charge in [-0.3, -0.25) is 0 Å². The Balaban J connectivity index is 1.29. The summed E-state index contributed by atoms with van der Waals surface area (Å²) in [5, 5.41) is 0.708. The minimum atomic E-state index is -4.50. The van der Waals surface area contributed by atoms with Gasteiger partial charge in [0.1, 0.15) is 28.3 Å². The lowest BCUT2D eigenvalue weighted by Crippen LogP contribution is -2.05. The first kappa shape index (κ1) is 26.2. The number of fused-ring (bicyclic) bond motifs is 1. The van der Waals surface area contributed by atoms with Gasteiger partial charge in [0.15, 0.2) is 17.2 Å². The lowest BCUT2D eigenvalue weighted by Gasteiger charge is -2.12. The smallest absolute Gasteiger partial charge is 0.434 e. The Morgan fingerprint density at radius 3 is 2.52 bits per heavy atom. The molecule has 1 aromatic carbocycles. The van der Waals surface area contributed by atoms with E-state index >= 15 is 0 Å². The van der Waals surface area contributed by atoms with Crippen molar-refractivity contribution >= 4 is 22.9 Å². The molecule has 1 saturated carbocycles. The number of thioether (sulfide) groups is 1. The second kappa shape index (κ2) is 10.2. The molecule has 1 aliphatic rings. The van der Waals surface area contributed by atoms with Crippen LogP contribution in [0.1, 0.15) is 55.6 Å². The Bertz CT molecular complexity index is 1680. The fraction of sp³-hybridized carbons (Fsp3) is 0.333. The Kier molecular flexibility index (Phi) is 6.69. The highest BCUT2D eigenvalue weighted by atomic mass is 32.2. The lowest BCUT2D eigenvalue weighted by atomic mass is 10.1. The van der Waals surface area contributed by atoms with Crippen LogP contribution in [0.4, 0.5) is 13.2 Å². The minimum absolute atomic E-state index is 0.174. The van der Waals surface area contributed by atoms with Gasteiger partial charge in [0.05, 0.1) is 19.1 Å². The molecule has 40 heavy (non-hydrogen) atoms. The molecule has 0 aliphatic heterocycles. The summed E-state index contributed by atoms with van der Waals surface area (Å²) in [7, 11) is 1.56. The highest BCUT2D eigenvalue weighted by molar-refractivity contribution is 7.98. The zero-order chi connectivity index (χ0) is 28.0. The van der Waals surface area contributed by atoms with E-state index in [-0.39, 0.29) is 11.9 Å². The molecule has 0 bridgehead atoms. The third kappa shape index (κ3) is 5.01. The fourth-order valence-electron chi connectivity index (χ4n) is 4.48. The van der Waals surface area contributed by atoms with Gasteiger partial charge in [0, 0.05) is 29.5 Å². The standard InChI is InChI=1S/C27H25F3N8OS/c1-14(2)38-10-18(27(28,29)30)35-24(38)17-6-4-15(5-7-17)11-40-26-21-23(33-12-32-21)36-22(37-26)19-20(16-8-9-16)31-13-34-25(19)39-3/h4-7,10,12-14,16H,8-9,11H2,1-3H3,(H,32,33,36,37). The van der Waals surface area contributed by atoms with Crippen LogP contribution < -0.4 is 4.74 Å². The van der Waals surface area contributed by atoms with Gasteiger partial charge in [-0.1, -0.05) is 36.0 Å². The van der Waals surface area contributed by atoms with Crippen molar-refractivity contribution in [3.8, 4) is 28.7 Å². The van der Waals surface area contributed by atoms with E-state index in [1.807, 2.05) is 26.0 Å². The van der Waals surface area contributed by atoms with Crippen LogP contribution in [-0.2, 0) is 11.9 Å². The number of alkyl halides is 3. The summed E-state index contributed by atoms with van der Waals surface area (Å²) in [6.07, 6.45) is 1.73. The van der Waals surface area contributed by atoms with E-state index in [4.69, 9.17) is 9.72 Å². The molecule has 1 aliphatic carbocycles. The van der Waals surface area contributed by atoms with Crippen molar-refractivity contribution in [1.82, 2.24) is 39.5 Å². The van der Waals surface area contributed by atoms with E-state index < -0.39 is 11.9 Å². The Morgan fingerprint density at radius 2 is 1.85 bits per heavy atom. The van der Waals surface area contributed by atoms with Crippen molar-refractivity contribution in [2.75, 3.05) is 7.11 Å². The van der Waals surface area contributed by atoms with Crippen molar-refractivity contribution in [2.45, 2.75) is 55.6 Å². The van der Waals surface area contributed by atoms with E-state index in [9.17, 15) is 13.2 Å². The van der Waals surface area contributed by atoms with Gasteiger partial charge in [-0.2, -0.15) is 13.2 Å². The van der Waals surface area contributed by atoms with Crippen LogP contribution in [0.3, 0.4) is 0 Å². The maximum Gasteiger partial charge on any atom is 0.434 e. The van der Waals surface area contributed by atoms with E-state index in [1.165, 1.54) is 18.1 Å². The summed E-state index contributed by atoms with van der Waals surface area (Å²) >= 11 is 1.50. The molecular weight excluding hydrogens is 541 g/mol. The van der Waals surface area contributed by atoms with Crippen LogP contribution in [0.2, 0.25) is 0 Å². The molecule has 4 aromatic heterocycles. The number of aromatic amines is 1. The van der Waals surface area contributed by atoms with Crippen molar-refractivity contribution in [2.24, 2.45) is 0 Å². The summed E-state index contributed by atoms with van der Waals surface area (Å²) < 4.78 is 47.0. The first-order valence-electron chi connectivity index (χ1n) is 12.7. The molecule has 0 amide bonds. The monoisotopic (exact) mass is 566 g/mol. The highest BCUT2D eigenvalue weighted by Gasteiger charge is 2.35. The van der Waals surface area contributed by atoms with Crippen molar-refractivity contribution in [1.29, 1.82) is 0 Å². The molecule has 0 unspecified atom stereocenters. The quantitative estimate of drug-likeness (QED) is 0.169. The zero-order valence-corrected chi connectivity index (χ0v) is 22.7. The van der Waals surface area contributed by atoms with E-state index in [2.05, 4.69) is 29.9 Å². The van der Waals surface area contributed by atoms with Gasteiger partial charge in [0.2, 0.25) is 5.88 Å². The third-order valence-corrected chi connectivity index (χ3v) is 7.69. The highest BCUT2D eigenvalue weighted by Crippen LogP contribution is 2.45. The van der Waals surface area contributed by atoms with Gasteiger partial charge in [0.25, 0.3) is 0 Å². The SMILES string of the molecule is COc1ncnc(C2CC2)c1-c1nc(SCc2ccc(-c3nc(C(F)(F)F)cn3C(C)C)cc2)c2[nH]cnc2n1. The van der Waals surface area contributed by atoms with E-state index in [0.717, 1.165) is 30.3 Å². The average Bonchev–Trinajstić information content (AvgIpc) is 3.48. The van der Waals surface area contributed by atoms with Crippen molar-refractivity contribution in [3.05, 3.63) is 60.1 Å². The van der Waals surface area contributed by atoms with Crippen LogP contribution >= 0.6 is 11.8 Å². The Morgan fingerprint density at radius 1 is 1.07 bits per heavy atom. The molecule has 1 fully saturated rings. The van der Waals surface area contributed by atoms with Crippen LogP contribution in [-0.4, -0.2) is 46.6 Å². The number of rotatable bonds is 8. The third-order valence-electron chi connectivity index (χ3n) is 6.64. The molecule has 5 aromatic rings. The summed E-state index contributed by atoms with van der Waals surface area (Å²) in [6, 6.07) is 7.19. The molecule has 0 atom stereocenters. The number of halogens is 3. The van der Waals surface area contributed by atoms with Crippen LogP contribution in [0, 0.1) is 0 Å². The molecule has 9 nitrogen and oxygen atoms in total. The Hall–Kier alpha value is -4.00. The predicted molar refractivity (Wildman–Crippen MR) is 144 cm³/mol. The van der Waals surface area contributed by atoms with Gasteiger partial charge in [-0.05, 0) is 32.3 Å². The second-order valence-electron chi connectivity index (χ2n) is 9.81. The fourth-order valence-corrected chi connectivity index (χ4v) is 5.42. The van der Waals surface area contributed by atoms with Crippen molar-refractivity contribution in [3.63, 3.8) is 0 Å². The number of hydrogen-bond acceptors (Lipinski definition) is 8. The zero-order valence-electron chi connectivity index (χ0n) is 21.9. The number of ether oxygens (including phenoxy) is 1. The predicted octanol–water partition coefficient (Wildman–Crippen LogP) is 6.45. The van der Waals surface area contributed by atoms with Gasteiger partial charge >= 0.3 is 6.18 Å². The first-order chi connectivity index (χ1) is 19.2. The largest absolute Gasteiger partial charge is 0.480 e. The number of nitrogens with one attached hydrogen (secondary N) is 1. The summed E-state index contributed by atoms with van der Waals surface area (Å²) in [5.41, 5.74) is 3.49. The normalized spacial score (nSPS) is 13.9. The van der Waals surface area contributed by atoms with Crippen LogP contribution in [0.5, 0.6) is 5.88 Å². The molecule has 1 N–H and O–H groups in total. The van der Waals surface area contributed by atoms with Gasteiger partial charge < -0.3 is 14.3 Å². The molecule has 0 spiro atoms. The molecule has 0 radical (unpaired) electrons. The number of imidazole rings is 2. The van der Waals surface area contributed by atoms with Crippen LogP contribution in [0.25, 0.3) is 33.9 Å². The van der Waals surface area contributed by atoms with E-state index in [1.54, 1.807) is 30.1 Å². The average molecular weight is 567 g/mol. The van der Waals surface area contributed by atoms with Gasteiger partial charge in [-0.25, -0.2) is 29.9 Å². The number of H-pyrrole nitrogens is 1. The molecule has 6 rings (SSSR count). The number of methoxy groups -OCH3 is 1. The van der Waals surface area contributed by atoms with Crippen LogP contribution in [0.15, 0.2) is 48.1 Å².